The van der Waals surface area contributed by atoms with E-state index in [0.29, 0.717) is 33.7 Å². The van der Waals surface area contributed by atoms with Crippen molar-refractivity contribution in [2.45, 2.75) is 6.61 Å². The van der Waals surface area contributed by atoms with E-state index in [1.165, 1.54) is 24.3 Å². The van der Waals surface area contributed by atoms with Gasteiger partial charge in [0, 0.05) is 23.1 Å². The fourth-order valence-electron chi connectivity index (χ4n) is 3.95. The first-order valence-corrected chi connectivity index (χ1v) is 11.7. The molecule has 4 aromatic carbocycles. The third-order valence-electron chi connectivity index (χ3n) is 5.87. The Bertz CT molecular complexity index is 1620. The molecule has 0 atom stereocenters. The number of fused-ring (bicyclic) bond motifs is 1. The summed E-state index contributed by atoms with van der Waals surface area (Å²) >= 11 is 0. The summed E-state index contributed by atoms with van der Waals surface area (Å²) in [5.41, 5.74) is 3.31. The van der Waals surface area contributed by atoms with E-state index >= 15 is 0 Å². The van der Waals surface area contributed by atoms with Gasteiger partial charge < -0.3 is 14.2 Å². The van der Waals surface area contributed by atoms with Crippen molar-refractivity contribution in [2.75, 3.05) is 7.11 Å². The summed E-state index contributed by atoms with van der Waals surface area (Å²) in [5.74, 6) is 1.23. The number of pyridine rings is 1. The number of ether oxygens (including phenoxy) is 3. The van der Waals surface area contributed by atoms with E-state index in [1.54, 1.807) is 31.4 Å². The molecule has 0 aliphatic carbocycles. The molecule has 0 saturated carbocycles. The van der Waals surface area contributed by atoms with Gasteiger partial charge in [-0.15, -0.1) is 0 Å². The van der Waals surface area contributed by atoms with Crippen LogP contribution in [0.3, 0.4) is 0 Å². The summed E-state index contributed by atoms with van der Waals surface area (Å²) in [5, 5.41) is 11.5. The van der Waals surface area contributed by atoms with Gasteiger partial charge in [0.1, 0.15) is 23.9 Å². The smallest absolute Gasteiger partial charge is 0.339 e. The first kappa shape index (κ1) is 24.5. The van der Waals surface area contributed by atoms with Crippen LogP contribution in [0.15, 0.2) is 103 Å². The van der Waals surface area contributed by atoms with E-state index in [9.17, 15) is 14.9 Å². The van der Waals surface area contributed by atoms with Gasteiger partial charge in [-0.2, -0.15) is 0 Å². The largest absolute Gasteiger partial charge is 0.497 e. The highest BCUT2D eigenvalue weighted by Gasteiger charge is 2.16. The fraction of sp³-hybridized carbons (Fsp3) is 0.0667. The normalized spacial score (nSPS) is 10.7. The Morgan fingerprint density at radius 1 is 0.842 bits per heavy atom. The van der Waals surface area contributed by atoms with Gasteiger partial charge >= 0.3 is 5.97 Å². The number of aromatic nitrogens is 1. The summed E-state index contributed by atoms with van der Waals surface area (Å²) in [6.07, 6.45) is 0. The predicted octanol–water partition coefficient (Wildman–Crippen LogP) is 6.97. The van der Waals surface area contributed by atoms with Gasteiger partial charge in [-0.05, 0) is 66.2 Å². The highest BCUT2D eigenvalue weighted by molar-refractivity contribution is 6.04. The summed E-state index contributed by atoms with van der Waals surface area (Å²) in [4.78, 5) is 28.3. The molecule has 5 aromatic rings. The number of rotatable bonds is 8. The molecule has 0 aliphatic heterocycles. The molecule has 0 radical (unpaired) electrons. The number of carbonyl (C=O) groups is 1. The molecule has 0 fully saturated rings. The Kier molecular flexibility index (Phi) is 6.95. The van der Waals surface area contributed by atoms with Crippen LogP contribution in [0.1, 0.15) is 15.9 Å². The standard InChI is InChI=1S/C30H22N2O6/c1-36-23-13-9-21(10-14-23)29-18-27(26-7-2-3-8-28(26)31-29)30(33)37-19-20-5-4-6-25(17-20)38-24-15-11-22(12-16-24)32(34)35/h2-18H,19H2,1H3. The molecule has 38 heavy (non-hydrogen) atoms. The molecular formula is C30H22N2O6. The Labute approximate surface area is 218 Å². The van der Waals surface area contributed by atoms with Crippen LogP contribution in [0.2, 0.25) is 0 Å². The third kappa shape index (κ3) is 5.44. The van der Waals surface area contributed by atoms with Crippen LogP contribution in [0, 0.1) is 10.1 Å². The second kappa shape index (κ2) is 10.8. The molecule has 0 N–H and O–H groups in total. The first-order chi connectivity index (χ1) is 18.5. The minimum Gasteiger partial charge on any atom is -0.497 e. The van der Waals surface area contributed by atoms with Crippen molar-refractivity contribution in [1.82, 2.24) is 4.98 Å². The number of methoxy groups -OCH3 is 1. The van der Waals surface area contributed by atoms with E-state index in [4.69, 9.17) is 19.2 Å². The van der Waals surface area contributed by atoms with Crippen LogP contribution >= 0.6 is 0 Å². The maximum atomic E-state index is 13.2. The molecule has 188 valence electrons. The number of nitrogens with zero attached hydrogens (tertiary/aromatic N) is 2. The van der Waals surface area contributed by atoms with Gasteiger partial charge in [-0.1, -0.05) is 30.3 Å². The van der Waals surface area contributed by atoms with Crippen molar-refractivity contribution >= 4 is 22.6 Å². The van der Waals surface area contributed by atoms with E-state index in [-0.39, 0.29) is 12.3 Å². The van der Waals surface area contributed by atoms with Crippen molar-refractivity contribution in [3.63, 3.8) is 0 Å². The molecule has 8 nitrogen and oxygen atoms in total. The molecule has 0 spiro atoms. The summed E-state index contributed by atoms with van der Waals surface area (Å²) in [6, 6.07) is 29.6. The number of carbonyl (C=O) groups excluding carboxylic acids is 1. The second-order valence-corrected chi connectivity index (χ2v) is 8.38. The van der Waals surface area contributed by atoms with E-state index in [0.717, 1.165) is 16.9 Å². The van der Waals surface area contributed by atoms with Crippen LogP contribution in [0.4, 0.5) is 5.69 Å². The highest BCUT2D eigenvalue weighted by atomic mass is 16.6. The van der Waals surface area contributed by atoms with Gasteiger partial charge in [-0.25, -0.2) is 9.78 Å². The van der Waals surface area contributed by atoms with Crippen molar-refractivity contribution < 1.29 is 23.9 Å². The zero-order valence-corrected chi connectivity index (χ0v) is 20.4. The maximum absolute atomic E-state index is 13.2. The Morgan fingerprint density at radius 3 is 2.32 bits per heavy atom. The molecule has 5 rings (SSSR count). The number of non-ortho nitro benzene ring substituents is 1. The molecule has 0 bridgehead atoms. The van der Waals surface area contributed by atoms with Crippen LogP contribution < -0.4 is 9.47 Å². The molecule has 1 heterocycles. The van der Waals surface area contributed by atoms with Crippen LogP contribution in [0.25, 0.3) is 22.2 Å². The number of hydrogen-bond acceptors (Lipinski definition) is 7. The molecule has 8 heteroatoms. The highest BCUT2D eigenvalue weighted by Crippen LogP contribution is 2.28. The van der Waals surface area contributed by atoms with Gasteiger partial charge in [0.15, 0.2) is 0 Å². The zero-order chi connectivity index (χ0) is 26.5. The topological polar surface area (TPSA) is 101 Å². The van der Waals surface area contributed by atoms with Crippen LogP contribution in [-0.2, 0) is 11.3 Å². The lowest BCUT2D eigenvalue weighted by Crippen LogP contribution is -2.07. The molecule has 0 saturated heterocycles. The predicted molar refractivity (Wildman–Crippen MR) is 142 cm³/mol. The van der Waals surface area contributed by atoms with Gasteiger partial charge in [0.25, 0.3) is 5.69 Å². The van der Waals surface area contributed by atoms with E-state index in [1.807, 2.05) is 54.6 Å². The second-order valence-electron chi connectivity index (χ2n) is 8.38. The number of para-hydroxylation sites is 1. The quantitative estimate of drug-likeness (QED) is 0.127. The number of esters is 1. The molecule has 1 aromatic heterocycles. The monoisotopic (exact) mass is 506 g/mol. The Balaban J connectivity index is 1.34. The molecule has 0 aliphatic rings. The average Bonchev–Trinajstić information content (AvgIpc) is 2.96. The first-order valence-electron chi connectivity index (χ1n) is 11.7. The van der Waals surface area contributed by atoms with Crippen molar-refractivity contribution in [3.8, 4) is 28.5 Å². The van der Waals surface area contributed by atoms with Crippen molar-refractivity contribution in [3.05, 3.63) is 124 Å². The Hall–Kier alpha value is -5.24. The summed E-state index contributed by atoms with van der Waals surface area (Å²) < 4.78 is 16.7. The number of nitro groups is 1. The Morgan fingerprint density at radius 2 is 1.58 bits per heavy atom. The van der Waals surface area contributed by atoms with Gasteiger partial charge in [-0.3, -0.25) is 10.1 Å². The van der Waals surface area contributed by atoms with Crippen LogP contribution in [0.5, 0.6) is 17.2 Å². The van der Waals surface area contributed by atoms with Crippen molar-refractivity contribution in [2.24, 2.45) is 0 Å². The van der Waals surface area contributed by atoms with E-state index in [2.05, 4.69) is 0 Å². The lowest BCUT2D eigenvalue weighted by atomic mass is 10.0. The maximum Gasteiger partial charge on any atom is 0.339 e. The lowest BCUT2D eigenvalue weighted by molar-refractivity contribution is -0.384. The SMILES string of the molecule is COc1ccc(-c2cc(C(=O)OCc3cccc(Oc4ccc([N+](=O)[O-])cc4)c3)c3ccccc3n2)cc1. The summed E-state index contributed by atoms with van der Waals surface area (Å²) in [6.45, 7) is 0.0326. The molecule has 0 amide bonds. The third-order valence-corrected chi connectivity index (χ3v) is 5.87. The number of nitro benzene ring substituents is 1. The molecular weight excluding hydrogens is 484 g/mol. The minimum atomic E-state index is -0.472. The number of benzene rings is 4. The van der Waals surface area contributed by atoms with Gasteiger partial charge in [0.05, 0.1) is 28.8 Å². The van der Waals surface area contributed by atoms with Crippen molar-refractivity contribution in [1.29, 1.82) is 0 Å². The fourth-order valence-corrected chi connectivity index (χ4v) is 3.95. The zero-order valence-electron chi connectivity index (χ0n) is 20.4. The van der Waals surface area contributed by atoms with E-state index < -0.39 is 10.9 Å². The minimum absolute atomic E-state index is 0.0169. The molecule has 0 unspecified atom stereocenters. The average molecular weight is 507 g/mol. The van der Waals surface area contributed by atoms with Crippen LogP contribution in [-0.4, -0.2) is 23.0 Å². The van der Waals surface area contributed by atoms with Gasteiger partial charge in [0.2, 0.25) is 0 Å². The lowest BCUT2D eigenvalue weighted by Gasteiger charge is -2.11. The summed E-state index contributed by atoms with van der Waals surface area (Å²) in [7, 11) is 1.61. The number of hydrogen-bond donors (Lipinski definition) is 0.